The van der Waals surface area contributed by atoms with Crippen LogP contribution in [0.2, 0.25) is 0 Å². The summed E-state index contributed by atoms with van der Waals surface area (Å²) in [5.74, 6) is 0.444. The minimum atomic E-state index is -0.228. The number of hydrogen-bond acceptors (Lipinski definition) is 4. The molecule has 2 N–H and O–H groups in total. The van der Waals surface area contributed by atoms with E-state index in [1.807, 2.05) is 25.1 Å². The number of fused-ring (bicyclic) bond motifs is 1. The van der Waals surface area contributed by atoms with E-state index in [0.717, 1.165) is 27.7 Å². The first kappa shape index (κ1) is 15.5. The Morgan fingerprint density at radius 3 is 2.70 bits per heavy atom. The number of aromatic nitrogens is 2. The van der Waals surface area contributed by atoms with Gasteiger partial charge in [-0.1, -0.05) is 18.2 Å². The molecule has 2 aromatic rings. The Bertz CT molecular complexity index is 780. The smallest absolute Gasteiger partial charge is 0.273 e. The highest BCUT2D eigenvalue weighted by atomic mass is 16.1. The van der Waals surface area contributed by atoms with Crippen LogP contribution >= 0.6 is 0 Å². The van der Waals surface area contributed by atoms with Gasteiger partial charge in [0.05, 0.1) is 11.2 Å². The Morgan fingerprint density at radius 1 is 1.35 bits per heavy atom. The molecule has 1 amide bonds. The van der Waals surface area contributed by atoms with Gasteiger partial charge in [0.15, 0.2) is 5.69 Å². The summed E-state index contributed by atoms with van der Waals surface area (Å²) in [6, 6.07) is 6.27. The summed E-state index contributed by atoms with van der Waals surface area (Å²) in [5.41, 5.74) is 3.88. The minimum Gasteiger partial charge on any atom is -0.380 e. The second-order valence-electron chi connectivity index (χ2n) is 6.29. The fourth-order valence-electron chi connectivity index (χ4n) is 2.74. The van der Waals surface area contributed by atoms with Crippen molar-refractivity contribution in [1.82, 2.24) is 15.5 Å². The molecule has 0 unspecified atom stereocenters. The molecule has 23 heavy (non-hydrogen) atoms. The first-order valence-electron chi connectivity index (χ1n) is 7.96. The van der Waals surface area contributed by atoms with Crippen LogP contribution in [0.25, 0.3) is 16.5 Å². The number of nitrogens with one attached hydrogen (secondary N) is 2. The Balaban J connectivity index is 2.12. The molecule has 1 atom stereocenters. The third-order valence-corrected chi connectivity index (χ3v) is 4.40. The number of carbonyl (C=O) groups excluding carboxylic acids is 1. The average Bonchev–Trinajstić information content (AvgIpc) is 3.38. The summed E-state index contributed by atoms with van der Waals surface area (Å²) < 4.78 is 0. The molecule has 1 aromatic heterocycles. The number of allylic oxidation sites excluding steroid dienone is 1. The van der Waals surface area contributed by atoms with Crippen LogP contribution in [0.1, 0.15) is 42.7 Å². The first-order valence-corrected chi connectivity index (χ1v) is 7.96. The van der Waals surface area contributed by atoms with E-state index in [-0.39, 0.29) is 5.91 Å². The van der Waals surface area contributed by atoms with Crippen LogP contribution in [0.5, 0.6) is 0 Å². The lowest BCUT2D eigenvalue weighted by Gasteiger charge is -2.18. The second-order valence-corrected chi connectivity index (χ2v) is 6.29. The van der Waals surface area contributed by atoms with E-state index in [2.05, 4.69) is 34.3 Å². The van der Waals surface area contributed by atoms with Gasteiger partial charge in [0.1, 0.15) is 0 Å². The van der Waals surface area contributed by atoms with E-state index in [9.17, 15) is 4.79 Å². The maximum absolute atomic E-state index is 12.2. The molecule has 5 nitrogen and oxygen atoms in total. The molecule has 0 saturated heterocycles. The lowest BCUT2D eigenvalue weighted by molar-refractivity contribution is 0.0958. The third kappa shape index (κ3) is 3.04. The molecule has 0 radical (unpaired) electrons. The zero-order valence-corrected chi connectivity index (χ0v) is 13.8. The van der Waals surface area contributed by atoms with Gasteiger partial charge in [-0.3, -0.25) is 4.79 Å². The van der Waals surface area contributed by atoms with Crippen LogP contribution in [0.15, 0.2) is 24.8 Å². The van der Waals surface area contributed by atoms with Gasteiger partial charge < -0.3 is 10.6 Å². The molecule has 1 aliphatic carbocycles. The van der Waals surface area contributed by atoms with Gasteiger partial charge in [0.2, 0.25) is 0 Å². The number of carbonyl (C=O) groups is 1. The molecule has 0 spiro atoms. The van der Waals surface area contributed by atoms with Gasteiger partial charge in [-0.25, -0.2) is 0 Å². The van der Waals surface area contributed by atoms with E-state index in [0.29, 0.717) is 17.7 Å². The molecular formula is C18H22N4O. The Labute approximate surface area is 136 Å². The van der Waals surface area contributed by atoms with Gasteiger partial charge in [0, 0.05) is 18.5 Å². The number of nitrogens with zero attached hydrogens (tertiary/aromatic N) is 2. The highest BCUT2D eigenvalue weighted by Gasteiger charge is 2.29. The van der Waals surface area contributed by atoms with Crippen molar-refractivity contribution < 1.29 is 4.79 Å². The predicted molar refractivity (Wildman–Crippen MR) is 93.4 cm³/mol. The largest absolute Gasteiger partial charge is 0.380 e. The average molecular weight is 310 g/mol. The highest BCUT2D eigenvalue weighted by molar-refractivity contribution is 6.05. The maximum atomic E-state index is 12.2. The van der Waals surface area contributed by atoms with Crippen molar-refractivity contribution in [2.75, 3.05) is 12.4 Å². The summed E-state index contributed by atoms with van der Waals surface area (Å²) in [6.07, 6.45) is 2.47. The summed E-state index contributed by atoms with van der Waals surface area (Å²) in [4.78, 5) is 12.2. The van der Waals surface area contributed by atoms with Gasteiger partial charge in [0.25, 0.3) is 5.91 Å². The molecule has 0 bridgehead atoms. The fraction of sp³-hybridized carbons (Fsp3) is 0.389. The van der Waals surface area contributed by atoms with E-state index < -0.39 is 0 Å². The lowest BCUT2D eigenvalue weighted by atomic mass is 10.0. The Morgan fingerprint density at radius 2 is 2.09 bits per heavy atom. The van der Waals surface area contributed by atoms with Crippen molar-refractivity contribution in [1.29, 1.82) is 0 Å². The predicted octanol–water partition coefficient (Wildman–Crippen LogP) is 3.23. The Kier molecular flexibility index (Phi) is 4.03. The molecular weight excluding hydrogens is 288 g/mol. The summed E-state index contributed by atoms with van der Waals surface area (Å²) in [7, 11) is 1.60. The van der Waals surface area contributed by atoms with Crippen LogP contribution in [0.4, 0.5) is 5.69 Å². The van der Waals surface area contributed by atoms with Crippen molar-refractivity contribution >= 4 is 28.1 Å². The Hall–Kier alpha value is -2.43. The monoisotopic (exact) mass is 310 g/mol. The molecule has 1 fully saturated rings. The summed E-state index contributed by atoms with van der Waals surface area (Å²) in [6.45, 7) is 8.08. The van der Waals surface area contributed by atoms with E-state index in [4.69, 9.17) is 0 Å². The standard InChI is InChI=1S/C18H22N4O/c1-10(2)13-7-8-14-15(9-13)21-22-17(18(23)19-4)16(14)20-11(3)12-5-6-12/h7-9,11-12H,1,5-6H2,2-4H3,(H,19,23)(H,20,21)/t11-/m1/s1. The lowest BCUT2D eigenvalue weighted by Crippen LogP contribution is -2.25. The van der Waals surface area contributed by atoms with Crippen molar-refractivity contribution in [3.63, 3.8) is 0 Å². The topological polar surface area (TPSA) is 66.9 Å². The molecule has 1 aromatic carbocycles. The van der Waals surface area contributed by atoms with Crippen molar-refractivity contribution in [3.05, 3.63) is 36.0 Å². The molecule has 1 heterocycles. The van der Waals surface area contributed by atoms with Crippen LogP contribution in [-0.4, -0.2) is 29.2 Å². The number of benzene rings is 1. The second kappa shape index (κ2) is 5.99. The van der Waals surface area contributed by atoms with Crippen molar-refractivity contribution in [3.8, 4) is 0 Å². The molecule has 120 valence electrons. The van der Waals surface area contributed by atoms with Crippen LogP contribution in [0, 0.1) is 5.92 Å². The SMILES string of the molecule is C=C(C)c1ccc2c(N[C@H](C)C3CC3)c(C(=O)NC)nnc2c1. The third-order valence-electron chi connectivity index (χ3n) is 4.40. The normalized spacial score (nSPS) is 15.3. The summed E-state index contributed by atoms with van der Waals surface area (Å²) in [5, 5.41) is 15.4. The number of rotatable bonds is 5. The van der Waals surface area contributed by atoms with Gasteiger partial charge in [-0.15, -0.1) is 10.2 Å². The minimum absolute atomic E-state index is 0.228. The summed E-state index contributed by atoms with van der Waals surface area (Å²) >= 11 is 0. The first-order chi connectivity index (χ1) is 11.0. The zero-order valence-electron chi connectivity index (χ0n) is 13.8. The van der Waals surface area contributed by atoms with Gasteiger partial charge in [-0.05, 0) is 50.3 Å². The molecule has 5 heteroatoms. The van der Waals surface area contributed by atoms with Gasteiger partial charge in [-0.2, -0.15) is 0 Å². The van der Waals surface area contributed by atoms with Crippen LogP contribution in [-0.2, 0) is 0 Å². The zero-order chi connectivity index (χ0) is 16.6. The van der Waals surface area contributed by atoms with Crippen LogP contribution in [0.3, 0.4) is 0 Å². The number of hydrogen-bond donors (Lipinski definition) is 2. The molecule has 1 aliphatic rings. The fourth-order valence-corrected chi connectivity index (χ4v) is 2.74. The quantitative estimate of drug-likeness (QED) is 0.890. The molecule has 1 saturated carbocycles. The molecule has 3 rings (SSSR count). The van der Waals surface area contributed by atoms with E-state index in [1.165, 1.54) is 12.8 Å². The van der Waals surface area contributed by atoms with Gasteiger partial charge >= 0.3 is 0 Å². The number of anilines is 1. The highest BCUT2D eigenvalue weighted by Crippen LogP contribution is 2.36. The van der Waals surface area contributed by atoms with E-state index in [1.54, 1.807) is 7.05 Å². The van der Waals surface area contributed by atoms with Crippen LogP contribution < -0.4 is 10.6 Å². The number of amides is 1. The molecule has 0 aliphatic heterocycles. The van der Waals surface area contributed by atoms with Crippen molar-refractivity contribution in [2.45, 2.75) is 32.7 Å². The maximum Gasteiger partial charge on any atom is 0.273 e. The van der Waals surface area contributed by atoms with E-state index >= 15 is 0 Å². The van der Waals surface area contributed by atoms with Crippen molar-refractivity contribution in [2.24, 2.45) is 5.92 Å².